The third-order valence-electron chi connectivity index (χ3n) is 7.15. The molecule has 1 aliphatic carbocycles. The molecule has 2 N–H and O–H groups in total. The Bertz CT molecular complexity index is 1490. The summed E-state index contributed by atoms with van der Waals surface area (Å²) in [6.07, 6.45) is 4.81. The molecule has 10 nitrogen and oxygen atoms in total. The Labute approximate surface area is 236 Å². The molecule has 0 spiro atoms. The number of benzene rings is 1. The molecule has 0 bridgehead atoms. The van der Waals surface area contributed by atoms with E-state index in [0.29, 0.717) is 29.1 Å². The van der Waals surface area contributed by atoms with Crippen LogP contribution in [0.3, 0.4) is 0 Å². The molecule has 0 saturated heterocycles. The van der Waals surface area contributed by atoms with Gasteiger partial charge in [-0.2, -0.15) is 0 Å². The number of rotatable bonds is 15. The van der Waals surface area contributed by atoms with Gasteiger partial charge in [0.2, 0.25) is 10.0 Å². The third kappa shape index (κ3) is 7.03. The summed E-state index contributed by atoms with van der Waals surface area (Å²) in [6, 6.07) is 4.60. The SMILES string of the molecule is CCCOc1ccc(NS(=O)(=O)CCOCC(CF)(CF)CF)cc1-c1nn2c(C3CCCC3)nc(C)c2c(=O)[nH]1. The van der Waals surface area contributed by atoms with Crippen molar-refractivity contribution in [3.05, 3.63) is 40.1 Å². The molecular formula is C27H36F3N5O5S. The van der Waals surface area contributed by atoms with E-state index in [1.165, 1.54) is 12.1 Å². The van der Waals surface area contributed by atoms with E-state index in [1.54, 1.807) is 17.5 Å². The number of hydrogen-bond donors (Lipinski definition) is 2. The van der Waals surface area contributed by atoms with E-state index >= 15 is 0 Å². The Hall–Kier alpha value is -3.13. The van der Waals surface area contributed by atoms with Crippen LogP contribution in [0.4, 0.5) is 18.9 Å². The number of H-pyrrole nitrogens is 1. The zero-order valence-electron chi connectivity index (χ0n) is 23.2. The lowest BCUT2D eigenvalue weighted by molar-refractivity contribution is 0.00258. The fourth-order valence-electron chi connectivity index (χ4n) is 4.79. The van der Waals surface area contributed by atoms with Gasteiger partial charge in [-0.1, -0.05) is 19.8 Å². The van der Waals surface area contributed by atoms with Crippen LogP contribution in [0.5, 0.6) is 5.75 Å². The fraction of sp³-hybridized carbons (Fsp3) is 0.593. The number of anilines is 1. The Morgan fingerprint density at radius 1 is 1.15 bits per heavy atom. The number of sulfonamides is 1. The summed E-state index contributed by atoms with van der Waals surface area (Å²) in [6.45, 7) is -0.662. The summed E-state index contributed by atoms with van der Waals surface area (Å²) < 4.78 is 79.6. The van der Waals surface area contributed by atoms with E-state index in [1.807, 2.05) is 6.92 Å². The average molecular weight is 600 g/mol. The summed E-state index contributed by atoms with van der Waals surface area (Å²) in [5, 5.41) is 4.72. The highest BCUT2D eigenvalue weighted by atomic mass is 32.2. The van der Waals surface area contributed by atoms with Gasteiger partial charge in [-0.3, -0.25) is 22.7 Å². The molecule has 1 aliphatic rings. The number of aromatic amines is 1. The molecule has 2 aromatic heterocycles. The first-order valence-corrected chi connectivity index (χ1v) is 15.3. The Morgan fingerprint density at radius 3 is 2.51 bits per heavy atom. The van der Waals surface area contributed by atoms with Gasteiger partial charge in [0.05, 0.1) is 42.2 Å². The van der Waals surface area contributed by atoms with Crippen molar-refractivity contribution in [1.82, 2.24) is 19.6 Å². The van der Waals surface area contributed by atoms with Gasteiger partial charge in [-0.05, 0) is 44.4 Å². The summed E-state index contributed by atoms with van der Waals surface area (Å²) in [5.74, 6) is 0.985. The molecule has 0 unspecified atom stereocenters. The summed E-state index contributed by atoms with van der Waals surface area (Å²) >= 11 is 0. The van der Waals surface area contributed by atoms with E-state index in [4.69, 9.17) is 14.6 Å². The minimum absolute atomic E-state index is 0.176. The largest absolute Gasteiger partial charge is 0.493 e. The summed E-state index contributed by atoms with van der Waals surface area (Å²) in [7, 11) is -3.96. The predicted molar refractivity (Wildman–Crippen MR) is 149 cm³/mol. The van der Waals surface area contributed by atoms with Crippen molar-refractivity contribution in [2.75, 3.05) is 50.3 Å². The number of halogens is 3. The summed E-state index contributed by atoms with van der Waals surface area (Å²) in [5.41, 5.74) is -0.802. The van der Waals surface area contributed by atoms with Crippen molar-refractivity contribution in [2.45, 2.75) is 51.9 Å². The standard InChI is InChI=1S/C27H36F3N5O5S/c1-3-10-40-22-9-8-20(34-41(37,38)12-11-39-17-27(14-28,15-29)16-30)13-21(22)24-32-26(36)23-18(2)31-25(35(23)33-24)19-6-4-5-7-19/h8-9,13,19,34H,3-7,10-12,14-17H2,1-2H3,(H,32,33,36). The van der Waals surface area contributed by atoms with Crippen LogP contribution >= 0.6 is 0 Å². The highest BCUT2D eigenvalue weighted by Crippen LogP contribution is 2.35. The molecule has 1 aromatic carbocycles. The van der Waals surface area contributed by atoms with Crippen LogP contribution in [0.1, 0.15) is 56.5 Å². The molecule has 4 rings (SSSR count). The Morgan fingerprint density at radius 2 is 1.85 bits per heavy atom. The molecule has 3 aromatic rings. The molecule has 41 heavy (non-hydrogen) atoms. The monoisotopic (exact) mass is 599 g/mol. The van der Waals surface area contributed by atoms with Gasteiger partial charge in [0.1, 0.15) is 31.6 Å². The van der Waals surface area contributed by atoms with E-state index in [2.05, 4.69) is 14.7 Å². The van der Waals surface area contributed by atoms with Crippen molar-refractivity contribution in [3.63, 3.8) is 0 Å². The first-order chi connectivity index (χ1) is 19.7. The molecule has 0 amide bonds. The molecule has 2 heterocycles. The number of aromatic nitrogens is 4. The number of nitrogens with one attached hydrogen (secondary N) is 2. The zero-order chi connectivity index (χ0) is 29.6. The van der Waals surface area contributed by atoms with Crippen LogP contribution in [0, 0.1) is 12.3 Å². The smallest absolute Gasteiger partial charge is 0.277 e. The second kappa shape index (κ2) is 13.2. The van der Waals surface area contributed by atoms with Crippen LogP contribution < -0.4 is 15.0 Å². The Kier molecular flexibility index (Phi) is 9.95. The maximum atomic E-state index is 13.2. The van der Waals surface area contributed by atoms with Gasteiger partial charge in [0.25, 0.3) is 5.56 Å². The van der Waals surface area contributed by atoms with Crippen molar-refractivity contribution in [2.24, 2.45) is 5.41 Å². The maximum Gasteiger partial charge on any atom is 0.277 e. The number of fused-ring (bicyclic) bond motifs is 1. The fourth-order valence-corrected chi connectivity index (χ4v) is 5.72. The summed E-state index contributed by atoms with van der Waals surface area (Å²) in [4.78, 5) is 20.6. The number of alkyl halides is 3. The molecule has 1 fully saturated rings. The van der Waals surface area contributed by atoms with Crippen molar-refractivity contribution in [1.29, 1.82) is 0 Å². The molecular weight excluding hydrogens is 563 g/mol. The van der Waals surface area contributed by atoms with Crippen LogP contribution in [-0.4, -0.2) is 73.6 Å². The van der Waals surface area contributed by atoms with Gasteiger partial charge >= 0.3 is 0 Å². The molecule has 0 aliphatic heterocycles. The lowest BCUT2D eigenvalue weighted by atomic mass is 9.95. The average Bonchev–Trinajstić information content (AvgIpc) is 3.61. The van der Waals surface area contributed by atoms with Crippen LogP contribution in [0.15, 0.2) is 23.0 Å². The lowest BCUT2D eigenvalue weighted by Crippen LogP contribution is -2.35. The van der Waals surface area contributed by atoms with Gasteiger partial charge in [0, 0.05) is 11.6 Å². The van der Waals surface area contributed by atoms with E-state index < -0.39 is 54.4 Å². The topological polar surface area (TPSA) is 128 Å². The van der Waals surface area contributed by atoms with E-state index in [9.17, 15) is 26.4 Å². The first-order valence-electron chi connectivity index (χ1n) is 13.7. The lowest BCUT2D eigenvalue weighted by Gasteiger charge is -2.23. The normalized spacial score (nSPS) is 14.7. The van der Waals surface area contributed by atoms with Crippen LogP contribution in [-0.2, 0) is 14.8 Å². The van der Waals surface area contributed by atoms with Gasteiger partial charge in [0.15, 0.2) is 11.3 Å². The van der Waals surface area contributed by atoms with Gasteiger partial charge in [-0.25, -0.2) is 17.9 Å². The number of ether oxygens (including phenoxy) is 2. The zero-order valence-corrected chi connectivity index (χ0v) is 24.0. The van der Waals surface area contributed by atoms with E-state index in [-0.39, 0.29) is 23.0 Å². The van der Waals surface area contributed by atoms with Crippen molar-refractivity contribution in [3.8, 4) is 17.1 Å². The minimum atomic E-state index is -3.96. The van der Waals surface area contributed by atoms with E-state index in [0.717, 1.165) is 37.9 Å². The quantitative estimate of drug-likeness (QED) is 0.246. The van der Waals surface area contributed by atoms with Crippen LogP contribution in [0.25, 0.3) is 16.9 Å². The molecule has 0 radical (unpaired) electrons. The number of aryl methyl sites for hydroxylation is 1. The molecule has 14 heteroatoms. The number of imidazole rings is 1. The predicted octanol–water partition coefficient (Wildman–Crippen LogP) is 4.49. The molecule has 0 atom stereocenters. The number of nitrogens with zero attached hydrogens (tertiary/aromatic N) is 3. The van der Waals surface area contributed by atoms with Crippen molar-refractivity contribution < 1.29 is 31.1 Å². The second-order valence-corrected chi connectivity index (χ2v) is 12.4. The minimum Gasteiger partial charge on any atom is -0.493 e. The van der Waals surface area contributed by atoms with Crippen molar-refractivity contribution >= 4 is 21.2 Å². The van der Waals surface area contributed by atoms with Crippen LogP contribution in [0.2, 0.25) is 0 Å². The number of hydrogen-bond acceptors (Lipinski definition) is 7. The van der Waals surface area contributed by atoms with Gasteiger partial charge < -0.3 is 14.5 Å². The third-order valence-corrected chi connectivity index (χ3v) is 8.40. The van der Waals surface area contributed by atoms with Gasteiger partial charge in [-0.15, -0.1) is 5.10 Å². The maximum absolute atomic E-state index is 13.2. The molecule has 226 valence electrons. The molecule has 1 saturated carbocycles. The first kappa shape index (κ1) is 30.8. The highest BCUT2D eigenvalue weighted by Gasteiger charge is 2.32. The second-order valence-electron chi connectivity index (χ2n) is 10.5. The Balaban J connectivity index is 1.61. The highest BCUT2D eigenvalue weighted by molar-refractivity contribution is 7.92.